The number of rotatable bonds is 5. The summed E-state index contributed by atoms with van der Waals surface area (Å²) < 4.78 is 58.7. The van der Waals surface area contributed by atoms with Crippen LogP contribution in [0, 0.1) is 12.7 Å². The number of carbonyl (C=O) groups excluding carboxylic acids is 1. The van der Waals surface area contributed by atoms with Crippen molar-refractivity contribution >= 4 is 17.5 Å². The first-order valence-corrected chi connectivity index (χ1v) is 10.5. The van der Waals surface area contributed by atoms with Gasteiger partial charge < -0.3 is 9.47 Å². The Bertz CT molecular complexity index is 1170. The first-order chi connectivity index (χ1) is 15.1. The van der Waals surface area contributed by atoms with Gasteiger partial charge in [0.05, 0.1) is 0 Å². The summed E-state index contributed by atoms with van der Waals surface area (Å²) in [6.07, 6.45) is -3.16. The normalized spacial score (nSPS) is 14.0. The molecule has 1 fully saturated rings. The summed E-state index contributed by atoms with van der Waals surface area (Å²) in [6.45, 7) is 1.10. The van der Waals surface area contributed by atoms with E-state index in [9.17, 15) is 22.4 Å². The summed E-state index contributed by atoms with van der Waals surface area (Å²) in [5, 5.41) is 0.117. The second kappa shape index (κ2) is 8.28. The van der Waals surface area contributed by atoms with Crippen LogP contribution in [-0.4, -0.2) is 28.5 Å². The van der Waals surface area contributed by atoms with Gasteiger partial charge in [-0.05, 0) is 49.1 Å². The molecule has 0 radical (unpaired) electrons. The minimum atomic E-state index is -4.74. The highest BCUT2D eigenvalue weighted by molar-refractivity contribution is 6.30. The molecule has 168 valence electrons. The Kier molecular flexibility index (Phi) is 5.79. The molecule has 8 heteroatoms. The first kappa shape index (κ1) is 22.4. The maximum absolute atomic E-state index is 14.9. The van der Waals surface area contributed by atoms with Gasteiger partial charge in [0.15, 0.2) is 0 Å². The van der Waals surface area contributed by atoms with Crippen molar-refractivity contribution in [2.45, 2.75) is 38.5 Å². The van der Waals surface area contributed by atoms with Crippen LogP contribution in [-0.2, 0) is 12.7 Å². The summed E-state index contributed by atoms with van der Waals surface area (Å²) in [7, 11) is 1.57. The number of benzene rings is 2. The van der Waals surface area contributed by atoms with Crippen LogP contribution >= 0.6 is 11.6 Å². The first-order valence-electron chi connectivity index (χ1n) is 10.2. The fourth-order valence-electron chi connectivity index (χ4n) is 4.07. The lowest BCUT2D eigenvalue weighted by Gasteiger charge is -2.21. The van der Waals surface area contributed by atoms with Crippen LogP contribution in [0.2, 0.25) is 5.02 Å². The summed E-state index contributed by atoms with van der Waals surface area (Å²) in [5.74, 6) is -1.35. The van der Waals surface area contributed by atoms with Crippen LogP contribution in [0.15, 0.2) is 48.5 Å². The van der Waals surface area contributed by atoms with Crippen molar-refractivity contribution in [3.05, 3.63) is 81.9 Å². The zero-order chi connectivity index (χ0) is 23.2. The highest BCUT2D eigenvalue weighted by Crippen LogP contribution is 2.43. The predicted molar refractivity (Wildman–Crippen MR) is 115 cm³/mol. The zero-order valence-corrected chi connectivity index (χ0v) is 18.3. The third kappa shape index (κ3) is 4.13. The molecule has 3 aromatic rings. The summed E-state index contributed by atoms with van der Waals surface area (Å²) in [6, 6.07) is 12.3. The molecule has 0 atom stereocenters. The van der Waals surface area contributed by atoms with Gasteiger partial charge in [-0.3, -0.25) is 4.79 Å². The van der Waals surface area contributed by atoms with E-state index in [-0.39, 0.29) is 40.0 Å². The van der Waals surface area contributed by atoms with Crippen molar-refractivity contribution in [2.75, 3.05) is 7.05 Å². The van der Waals surface area contributed by atoms with Gasteiger partial charge in [0, 0.05) is 35.8 Å². The lowest BCUT2D eigenvalue weighted by atomic mass is 9.99. The molecule has 1 heterocycles. The van der Waals surface area contributed by atoms with Gasteiger partial charge in [0.2, 0.25) is 0 Å². The quantitative estimate of drug-likeness (QED) is 0.393. The van der Waals surface area contributed by atoms with E-state index in [2.05, 4.69) is 0 Å². The Hall–Kier alpha value is -2.80. The van der Waals surface area contributed by atoms with Gasteiger partial charge in [-0.2, -0.15) is 13.2 Å². The van der Waals surface area contributed by atoms with E-state index in [1.165, 1.54) is 24.0 Å². The zero-order valence-electron chi connectivity index (χ0n) is 17.5. The molecule has 4 rings (SSSR count). The topological polar surface area (TPSA) is 25.2 Å². The lowest BCUT2D eigenvalue weighted by molar-refractivity contribution is -0.143. The molecule has 1 aliphatic carbocycles. The number of amides is 1. The molecule has 0 unspecified atom stereocenters. The Morgan fingerprint density at radius 1 is 1.16 bits per heavy atom. The second-order valence-corrected chi connectivity index (χ2v) is 8.47. The average molecular weight is 465 g/mol. The molecular weight excluding hydrogens is 444 g/mol. The monoisotopic (exact) mass is 464 g/mol. The molecule has 32 heavy (non-hydrogen) atoms. The Balaban J connectivity index is 2.02. The van der Waals surface area contributed by atoms with E-state index in [4.69, 9.17) is 11.6 Å². The third-order valence-electron chi connectivity index (χ3n) is 5.78. The van der Waals surface area contributed by atoms with Gasteiger partial charge in [-0.15, -0.1) is 0 Å². The second-order valence-electron chi connectivity index (χ2n) is 8.04. The summed E-state index contributed by atoms with van der Waals surface area (Å²) in [4.78, 5) is 14.9. The molecule has 1 amide bonds. The van der Waals surface area contributed by atoms with Crippen molar-refractivity contribution in [1.29, 1.82) is 0 Å². The number of hydrogen-bond acceptors (Lipinski definition) is 1. The molecule has 0 N–H and O–H groups in total. The van der Waals surface area contributed by atoms with Crippen LogP contribution in [0.1, 0.15) is 40.2 Å². The summed E-state index contributed by atoms with van der Waals surface area (Å²) >= 11 is 5.86. The Morgan fingerprint density at radius 2 is 1.81 bits per heavy atom. The van der Waals surface area contributed by atoms with Crippen LogP contribution < -0.4 is 0 Å². The van der Waals surface area contributed by atoms with E-state index in [1.807, 2.05) is 0 Å². The standard InChI is InChI=1S/C24H21ClF4N2O/c1-14-20(18-11-8-16(25)12-19(18)26)21(23(32)30(2)17-9-10-17)31(22(14)24(27,28)29)13-15-6-4-3-5-7-15/h3-8,11-12,17H,9-10,13H2,1-2H3. The van der Waals surface area contributed by atoms with Crippen LogP contribution in [0.25, 0.3) is 11.1 Å². The highest BCUT2D eigenvalue weighted by atomic mass is 35.5. The number of nitrogens with zero attached hydrogens (tertiary/aromatic N) is 2. The smallest absolute Gasteiger partial charge is 0.337 e. The maximum atomic E-state index is 14.9. The molecule has 0 aliphatic heterocycles. The van der Waals surface area contributed by atoms with Crippen molar-refractivity contribution in [3.8, 4) is 11.1 Å². The van der Waals surface area contributed by atoms with Crippen LogP contribution in [0.5, 0.6) is 0 Å². The van der Waals surface area contributed by atoms with E-state index in [1.54, 1.807) is 37.4 Å². The third-order valence-corrected chi connectivity index (χ3v) is 6.01. The largest absolute Gasteiger partial charge is 0.431 e. The molecule has 1 saturated carbocycles. The van der Waals surface area contributed by atoms with Crippen molar-refractivity contribution in [2.24, 2.45) is 0 Å². The Morgan fingerprint density at radius 3 is 2.38 bits per heavy atom. The number of aromatic nitrogens is 1. The lowest BCUT2D eigenvalue weighted by Crippen LogP contribution is -2.32. The number of hydrogen-bond donors (Lipinski definition) is 0. The number of halogens is 5. The van der Waals surface area contributed by atoms with E-state index in [0.29, 0.717) is 5.56 Å². The molecule has 1 aliphatic rings. The molecule has 2 aromatic carbocycles. The molecule has 0 bridgehead atoms. The van der Waals surface area contributed by atoms with E-state index in [0.717, 1.165) is 23.5 Å². The predicted octanol–water partition coefficient (Wildman–Crippen LogP) is 6.56. The number of alkyl halides is 3. The van der Waals surface area contributed by atoms with Gasteiger partial charge >= 0.3 is 6.18 Å². The van der Waals surface area contributed by atoms with Crippen molar-refractivity contribution < 1.29 is 22.4 Å². The fraction of sp³-hybridized carbons (Fsp3) is 0.292. The SMILES string of the molecule is Cc1c(-c2ccc(Cl)cc2F)c(C(=O)N(C)C2CC2)n(Cc2ccccc2)c1C(F)(F)F. The number of carbonyl (C=O) groups is 1. The molecule has 0 spiro atoms. The molecule has 0 saturated heterocycles. The highest BCUT2D eigenvalue weighted by Gasteiger charge is 2.43. The maximum Gasteiger partial charge on any atom is 0.431 e. The van der Waals surface area contributed by atoms with Gasteiger partial charge in [0.25, 0.3) is 5.91 Å². The van der Waals surface area contributed by atoms with Crippen molar-refractivity contribution in [3.63, 3.8) is 0 Å². The van der Waals surface area contributed by atoms with Gasteiger partial charge in [-0.1, -0.05) is 41.9 Å². The molecular formula is C24H21ClF4N2O. The molecule has 3 nitrogen and oxygen atoms in total. The fourth-order valence-corrected chi connectivity index (χ4v) is 4.23. The van der Waals surface area contributed by atoms with Crippen molar-refractivity contribution in [1.82, 2.24) is 9.47 Å². The van der Waals surface area contributed by atoms with Gasteiger partial charge in [-0.25, -0.2) is 4.39 Å². The minimum Gasteiger partial charge on any atom is -0.337 e. The van der Waals surface area contributed by atoms with E-state index < -0.39 is 23.6 Å². The Labute approximate surface area is 188 Å². The van der Waals surface area contributed by atoms with Crippen LogP contribution in [0.4, 0.5) is 17.6 Å². The van der Waals surface area contributed by atoms with E-state index >= 15 is 0 Å². The minimum absolute atomic E-state index is 0.0277. The van der Waals surface area contributed by atoms with Gasteiger partial charge in [0.1, 0.15) is 17.2 Å². The molecule has 1 aromatic heterocycles. The van der Waals surface area contributed by atoms with Crippen LogP contribution in [0.3, 0.4) is 0 Å². The average Bonchev–Trinajstić information content (AvgIpc) is 3.52. The summed E-state index contributed by atoms with van der Waals surface area (Å²) in [5.41, 5.74) is -0.870.